The van der Waals surface area contributed by atoms with Crippen LogP contribution in [0.3, 0.4) is 0 Å². The number of rotatable bonds is 9. The fourth-order valence-corrected chi connectivity index (χ4v) is 2.09. The monoisotopic (exact) mass is 372 g/mol. The highest BCUT2D eigenvalue weighted by Crippen LogP contribution is 2.27. The number of hydrogen-bond donors (Lipinski definition) is 3. The number of carboxylic acid groups (broad SMARTS) is 2. The fourth-order valence-electron chi connectivity index (χ4n) is 2.09. The molecular weight excluding hydrogens is 356 g/mol. The molecule has 0 fully saturated rings. The number of benzene rings is 2. The third kappa shape index (κ3) is 5.89. The van der Waals surface area contributed by atoms with E-state index in [2.05, 4.69) is 0 Å². The number of carboxylic acids is 2. The molecule has 0 atom stereocenters. The van der Waals surface area contributed by atoms with Gasteiger partial charge in [0, 0.05) is 11.6 Å². The molecule has 3 N–H and O–H groups in total. The van der Waals surface area contributed by atoms with Gasteiger partial charge in [0.05, 0.1) is 5.56 Å². The first kappa shape index (κ1) is 19.5. The molecule has 140 valence electrons. The molecule has 0 aliphatic heterocycles. The number of allylic oxidation sites excluding steroid dienone is 1. The maximum absolute atomic E-state index is 12.2. The second-order valence-electron chi connectivity index (χ2n) is 5.28. The van der Waals surface area contributed by atoms with Crippen LogP contribution in [0.2, 0.25) is 0 Å². The highest BCUT2D eigenvalue weighted by atomic mass is 16.5. The van der Waals surface area contributed by atoms with Crippen molar-refractivity contribution in [3.8, 4) is 17.2 Å². The molecule has 2 rings (SSSR count). The molecule has 8 heteroatoms. The van der Waals surface area contributed by atoms with E-state index >= 15 is 0 Å². The van der Waals surface area contributed by atoms with Gasteiger partial charge in [-0.25, -0.2) is 9.59 Å². The van der Waals surface area contributed by atoms with Crippen LogP contribution < -0.4 is 9.47 Å². The smallest absolute Gasteiger partial charge is 0.341 e. The highest BCUT2D eigenvalue weighted by Gasteiger charge is 2.10. The zero-order chi connectivity index (χ0) is 19.8. The van der Waals surface area contributed by atoms with E-state index in [1.165, 1.54) is 42.5 Å². The predicted octanol–water partition coefficient (Wildman–Crippen LogP) is 2.22. The van der Waals surface area contributed by atoms with Gasteiger partial charge >= 0.3 is 11.9 Å². The number of hydrogen-bond acceptors (Lipinski definition) is 6. The van der Waals surface area contributed by atoms with E-state index in [-0.39, 0.29) is 22.8 Å². The van der Waals surface area contributed by atoms with Gasteiger partial charge in [0.15, 0.2) is 19.0 Å². The van der Waals surface area contributed by atoms with Crippen LogP contribution in [-0.4, -0.2) is 46.3 Å². The van der Waals surface area contributed by atoms with Gasteiger partial charge < -0.3 is 24.8 Å². The van der Waals surface area contributed by atoms with Crippen LogP contribution in [0, 0.1) is 0 Å². The normalized spacial score (nSPS) is 10.5. The largest absolute Gasteiger partial charge is 0.507 e. The zero-order valence-corrected chi connectivity index (χ0v) is 14.0. The molecule has 2 aromatic carbocycles. The minimum Gasteiger partial charge on any atom is -0.507 e. The third-order valence-electron chi connectivity index (χ3n) is 3.28. The van der Waals surface area contributed by atoms with Crippen LogP contribution in [0.1, 0.15) is 15.9 Å². The summed E-state index contributed by atoms with van der Waals surface area (Å²) >= 11 is 0. The first-order chi connectivity index (χ1) is 12.9. The number of phenolic OH excluding ortho intramolecular Hbond substituents is 1. The van der Waals surface area contributed by atoms with Gasteiger partial charge in [0.2, 0.25) is 0 Å². The molecule has 2 aromatic rings. The van der Waals surface area contributed by atoms with E-state index in [0.717, 1.165) is 0 Å². The molecule has 0 aliphatic rings. The quantitative estimate of drug-likeness (QED) is 0.451. The van der Waals surface area contributed by atoms with E-state index in [0.29, 0.717) is 5.56 Å². The van der Waals surface area contributed by atoms with Crippen LogP contribution in [0.15, 0.2) is 48.5 Å². The third-order valence-corrected chi connectivity index (χ3v) is 3.28. The highest BCUT2D eigenvalue weighted by molar-refractivity contribution is 6.08. The predicted molar refractivity (Wildman–Crippen MR) is 94.2 cm³/mol. The molecule has 27 heavy (non-hydrogen) atoms. The SMILES string of the molecule is O=C(O)COc1ccc(/C=C/C(=O)c2ccccc2O)c(OCC(=O)O)c1. The minimum absolute atomic E-state index is 0.0987. The summed E-state index contributed by atoms with van der Waals surface area (Å²) in [4.78, 5) is 33.5. The number of ketones is 1. The first-order valence-electron chi connectivity index (χ1n) is 7.70. The Labute approximate surface area is 153 Å². The van der Waals surface area contributed by atoms with E-state index in [4.69, 9.17) is 19.7 Å². The van der Waals surface area contributed by atoms with Gasteiger partial charge in [-0.05, 0) is 36.4 Å². The molecule has 0 bridgehead atoms. The van der Waals surface area contributed by atoms with E-state index in [1.807, 2.05) is 0 Å². The second kappa shape index (κ2) is 9.04. The maximum atomic E-state index is 12.2. The number of aliphatic carboxylic acids is 2. The molecule has 0 amide bonds. The molecule has 0 aromatic heterocycles. The summed E-state index contributed by atoms with van der Waals surface area (Å²) in [5.74, 6) is -2.72. The second-order valence-corrected chi connectivity index (χ2v) is 5.28. The Morgan fingerprint density at radius 2 is 1.59 bits per heavy atom. The van der Waals surface area contributed by atoms with Gasteiger partial charge in [-0.15, -0.1) is 0 Å². The molecule has 0 saturated heterocycles. The van der Waals surface area contributed by atoms with Gasteiger partial charge in [-0.3, -0.25) is 4.79 Å². The van der Waals surface area contributed by atoms with Crippen molar-refractivity contribution < 1.29 is 39.2 Å². The molecule has 0 spiro atoms. The Balaban J connectivity index is 2.25. The number of para-hydroxylation sites is 1. The summed E-state index contributed by atoms with van der Waals surface area (Å²) in [5.41, 5.74) is 0.492. The van der Waals surface area contributed by atoms with Gasteiger partial charge in [0.25, 0.3) is 0 Å². The van der Waals surface area contributed by atoms with Crippen molar-refractivity contribution >= 4 is 23.8 Å². The summed E-state index contributed by atoms with van der Waals surface area (Å²) < 4.78 is 10.2. The van der Waals surface area contributed by atoms with E-state index in [9.17, 15) is 19.5 Å². The average molecular weight is 372 g/mol. The molecule has 8 nitrogen and oxygen atoms in total. The van der Waals surface area contributed by atoms with Gasteiger partial charge in [-0.1, -0.05) is 12.1 Å². The Morgan fingerprint density at radius 3 is 2.26 bits per heavy atom. The van der Waals surface area contributed by atoms with Gasteiger partial charge in [0.1, 0.15) is 17.2 Å². The summed E-state index contributed by atoms with van der Waals surface area (Å²) in [7, 11) is 0. The van der Waals surface area contributed by atoms with E-state index in [1.54, 1.807) is 12.1 Å². The number of phenols is 1. The summed E-state index contributed by atoms with van der Waals surface area (Å²) in [5, 5.41) is 27.1. The first-order valence-corrected chi connectivity index (χ1v) is 7.70. The zero-order valence-electron chi connectivity index (χ0n) is 14.0. The lowest BCUT2D eigenvalue weighted by atomic mass is 10.1. The molecule has 0 aliphatic carbocycles. The lowest BCUT2D eigenvalue weighted by molar-refractivity contribution is -0.140. The van der Waals surface area contributed by atoms with Crippen molar-refractivity contribution in [2.75, 3.05) is 13.2 Å². The van der Waals surface area contributed by atoms with Crippen molar-refractivity contribution in [2.24, 2.45) is 0 Å². The molecular formula is C19H16O8. The summed E-state index contributed by atoms with van der Waals surface area (Å²) in [6.07, 6.45) is 2.60. The molecule has 0 heterocycles. The number of aromatic hydroxyl groups is 1. The summed E-state index contributed by atoms with van der Waals surface area (Å²) in [6.45, 7) is -1.20. The van der Waals surface area contributed by atoms with Crippen molar-refractivity contribution in [3.63, 3.8) is 0 Å². The standard InChI is InChI=1S/C19H16O8/c20-15-4-2-1-3-14(15)16(21)8-6-12-5-7-13(26-10-18(22)23)9-17(12)27-11-19(24)25/h1-9,20H,10-11H2,(H,22,23)(H,24,25)/b8-6+. The number of carbonyl (C=O) groups excluding carboxylic acids is 1. The Hall–Kier alpha value is -3.81. The lowest BCUT2D eigenvalue weighted by Gasteiger charge is -2.10. The minimum atomic E-state index is -1.20. The fraction of sp³-hybridized carbons (Fsp3) is 0.105. The molecule has 0 unspecified atom stereocenters. The van der Waals surface area contributed by atoms with Crippen LogP contribution in [0.4, 0.5) is 0 Å². The molecule has 0 radical (unpaired) electrons. The van der Waals surface area contributed by atoms with Crippen LogP contribution in [0.5, 0.6) is 17.2 Å². The number of ether oxygens (including phenoxy) is 2. The van der Waals surface area contributed by atoms with Crippen molar-refractivity contribution in [3.05, 3.63) is 59.7 Å². The van der Waals surface area contributed by atoms with Gasteiger partial charge in [-0.2, -0.15) is 0 Å². The van der Waals surface area contributed by atoms with Crippen LogP contribution in [-0.2, 0) is 9.59 Å². The van der Waals surface area contributed by atoms with Crippen LogP contribution in [0.25, 0.3) is 6.08 Å². The Morgan fingerprint density at radius 1 is 0.926 bits per heavy atom. The number of carbonyl (C=O) groups is 3. The maximum Gasteiger partial charge on any atom is 0.341 e. The Kier molecular flexibility index (Phi) is 6.54. The van der Waals surface area contributed by atoms with Crippen molar-refractivity contribution in [1.29, 1.82) is 0 Å². The van der Waals surface area contributed by atoms with E-state index < -0.39 is 30.9 Å². The van der Waals surface area contributed by atoms with Crippen molar-refractivity contribution in [1.82, 2.24) is 0 Å². The summed E-state index contributed by atoms with van der Waals surface area (Å²) in [6, 6.07) is 10.3. The molecule has 0 saturated carbocycles. The van der Waals surface area contributed by atoms with Crippen LogP contribution >= 0.6 is 0 Å². The topological polar surface area (TPSA) is 130 Å². The lowest BCUT2D eigenvalue weighted by Crippen LogP contribution is -2.11. The average Bonchev–Trinajstić information content (AvgIpc) is 2.63. The van der Waals surface area contributed by atoms with Crippen molar-refractivity contribution in [2.45, 2.75) is 0 Å². The Bertz CT molecular complexity index is 885.